The van der Waals surface area contributed by atoms with Crippen LogP contribution in [0.2, 0.25) is 0 Å². The molecular weight excluding hydrogens is 607 g/mol. The topological polar surface area (TPSA) is 51.8 Å². The molecule has 0 fully saturated rings. The van der Waals surface area contributed by atoms with E-state index in [2.05, 4.69) is 115 Å². The predicted octanol–water partition coefficient (Wildman–Crippen LogP) is 12.0. The van der Waals surface area contributed by atoms with E-state index >= 15 is 0 Å². The Morgan fingerprint density at radius 1 is 0.417 bits per heavy atom. The van der Waals surface area contributed by atoms with Gasteiger partial charge in [0.2, 0.25) is 0 Å². The molecule has 0 aliphatic heterocycles. The molecule has 48 heavy (non-hydrogen) atoms. The van der Waals surface area contributed by atoms with E-state index in [0.29, 0.717) is 17.5 Å². The summed E-state index contributed by atoms with van der Waals surface area (Å²) < 4.78 is 8.93. The number of furan rings is 1. The molecule has 10 aromatic rings. The molecule has 10 rings (SSSR count). The first-order valence-corrected chi connectivity index (χ1v) is 16.8. The second kappa shape index (κ2) is 10.7. The van der Waals surface area contributed by atoms with Crippen molar-refractivity contribution in [3.05, 3.63) is 152 Å². The van der Waals surface area contributed by atoms with Gasteiger partial charge in [-0.25, -0.2) is 15.0 Å². The van der Waals surface area contributed by atoms with E-state index in [9.17, 15) is 0 Å². The van der Waals surface area contributed by atoms with Gasteiger partial charge in [-0.3, -0.25) is 0 Å². The highest BCUT2D eigenvalue weighted by Crippen LogP contribution is 2.43. The standard InChI is InChI=1S/C43H25N3OS/c1-2-12-27(13-3-1)41-44-42(46-43(45-41)34-19-8-17-32-31-15-6-7-22-37(31)48-40(32)34)33-18-10-21-36-39(33)38-30(16-9-20-35(38)47-36)29-24-23-26-11-4-5-14-28(26)25-29/h1-25H. The fourth-order valence-electron chi connectivity index (χ4n) is 6.91. The first kappa shape index (κ1) is 27.0. The Balaban J connectivity index is 1.25. The molecule has 0 bridgehead atoms. The van der Waals surface area contributed by atoms with Crippen LogP contribution < -0.4 is 0 Å². The van der Waals surface area contributed by atoms with Crippen LogP contribution in [0.3, 0.4) is 0 Å². The third-order valence-electron chi connectivity index (χ3n) is 9.14. The second-order valence-corrected chi connectivity index (χ2v) is 13.0. The molecule has 0 saturated carbocycles. The minimum absolute atomic E-state index is 0.610. The molecule has 224 valence electrons. The molecule has 0 spiro atoms. The van der Waals surface area contributed by atoms with E-state index in [1.54, 1.807) is 11.3 Å². The van der Waals surface area contributed by atoms with Crippen molar-refractivity contribution in [2.75, 3.05) is 0 Å². The van der Waals surface area contributed by atoms with Gasteiger partial charge < -0.3 is 4.42 Å². The Morgan fingerprint density at radius 2 is 1.04 bits per heavy atom. The number of rotatable bonds is 4. The summed E-state index contributed by atoms with van der Waals surface area (Å²) in [7, 11) is 0. The van der Waals surface area contributed by atoms with Crippen molar-refractivity contribution < 1.29 is 4.42 Å². The van der Waals surface area contributed by atoms with E-state index in [1.807, 2.05) is 36.4 Å². The maximum absolute atomic E-state index is 6.52. The lowest BCUT2D eigenvalue weighted by Gasteiger charge is -2.11. The number of hydrogen-bond acceptors (Lipinski definition) is 5. The van der Waals surface area contributed by atoms with Gasteiger partial charge in [-0.1, -0.05) is 121 Å². The van der Waals surface area contributed by atoms with Crippen LogP contribution in [0.4, 0.5) is 0 Å². The highest BCUT2D eigenvalue weighted by atomic mass is 32.1. The monoisotopic (exact) mass is 631 g/mol. The lowest BCUT2D eigenvalue weighted by Crippen LogP contribution is -2.00. The van der Waals surface area contributed by atoms with Crippen molar-refractivity contribution in [3.8, 4) is 45.3 Å². The van der Waals surface area contributed by atoms with E-state index < -0.39 is 0 Å². The first-order chi connectivity index (χ1) is 23.8. The summed E-state index contributed by atoms with van der Waals surface area (Å²) in [6, 6.07) is 52.6. The normalized spacial score (nSPS) is 11.8. The highest BCUT2D eigenvalue weighted by molar-refractivity contribution is 7.26. The number of nitrogens with zero attached hydrogens (tertiary/aromatic N) is 3. The van der Waals surface area contributed by atoms with Gasteiger partial charge in [0.25, 0.3) is 0 Å². The number of benzene rings is 7. The van der Waals surface area contributed by atoms with Crippen LogP contribution in [-0.2, 0) is 0 Å². The zero-order valence-electron chi connectivity index (χ0n) is 25.6. The van der Waals surface area contributed by atoms with Crippen molar-refractivity contribution in [1.29, 1.82) is 0 Å². The van der Waals surface area contributed by atoms with Gasteiger partial charge in [-0.05, 0) is 52.2 Å². The molecule has 5 heteroatoms. The van der Waals surface area contributed by atoms with Crippen LogP contribution in [0, 0.1) is 0 Å². The van der Waals surface area contributed by atoms with Crippen LogP contribution >= 0.6 is 11.3 Å². The fourth-order valence-corrected chi connectivity index (χ4v) is 8.12. The quantitative estimate of drug-likeness (QED) is 0.194. The van der Waals surface area contributed by atoms with Gasteiger partial charge in [-0.2, -0.15) is 0 Å². The molecule has 3 aromatic heterocycles. The van der Waals surface area contributed by atoms with E-state index in [4.69, 9.17) is 19.4 Å². The number of aromatic nitrogens is 3. The summed E-state index contributed by atoms with van der Waals surface area (Å²) in [4.78, 5) is 15.5. The Hall–Kier alpha value is -6.17. The summed E-state index contributed by atoms with van der Waals surface area (Å²) in [6.07, 6.45) is 0. The number of thiophene rings is 1. The summed E-state index contributed by atoms with van der Waals surface area (Å²) in [5.74, 6) is 1.89. The van der Waals surface area contributed by atoms with Crippen molar-refractivity contribution >= 4 is 64.2 Å². The van der Waals surface area contributed by atoms with Crippen molar-refractivity contribution in [2.45, 2.75) is 0 Å². The molecule has 0 unspecified atom stereocenters. The molecule has 7 aromatic carbocycles. The van der Waals surface area contributed by atoms with Crippen molar-refractivity contribution in [1.82, 2.24) is 15.0 Å². The predicted molar refractivity (Wildman–Crippen MR) is 199 cm³/mol. The first-order valence-electron chi connectivity index (χ1n) is 15.9. The van der Waals surface area contributed by atoms with Crippen molar-refractivity contribution in [3.63, 3.8) is 0 Å². The molecular formula is C43H25N3OS. The zero-order valence-corrected chi connectivity index (χ0v) is 26.4. The summed E-state index contributed by atoms with van der Waals surface area (Å²) in [5, 5.41) is 6.91. The maximum atomic E-state index is 6.52. The van der Waals surface area contributed by atoms with Crippen molar-refractivity contribution in [2.24, 2.45) is 0 Å². The molecule has 3 heterocycles. The summed E-state index contributed by atoms with van der Waals surface area (Å²) in [6.45, 7) is 0. The minimum Gasteiger partial charge on any atom is -0.456 e. The average molecular weight is 632 g/mol. The number of hydrogen-bond donors (Lipinski definition) is 0. The van der Waals surface area contributed by atoms with Crippen LogP contribution in [0.25, 0.3) is 98.2 Å². The second-order valence-electron chi connectivity index (χ2n) is 12.0. The largest absolute Gasteiger partial charge is 0.456 e. The Labute approximate surface area is 279 Å². The average Bonchev–Trinajstić information content (AvgIpc) is 3.73. The highest BCUT2D eigenvalue weighted by Gasteiger charge is 2.21. The summed E-state index contributed by atoms with van der Waals surface area (Å²) in [5.41, 5.74) is 6.71. The summed E-state index contributed by atoms with van der Waals surface area (Å²) >= 11 is 1.78. The van der Waals surface area contributed by atoms with Crippen LogP contribution in [0.5, 0.6) is 0 Å². The lowest BCUT2D eigenvalue weighted by atomic mass is 9.95. The molecule has 0 saturated heterocycles. The Kier molecular flexibility index (Phi) is 6.01. The molecule has 0 radical (unpaired) electrons. The van der Waals surface area contributed by atoms with Gasteiger partial charge in [0.15, 0.2) is 17.5 Å². The molecule has 0 atom stereocenters. The molecule has 0 aliphatic rings. The fraction of sp³-hybridized carbons (Fsp3) is 0. The van der Waals surface area contributed by atoms with Gasteiger partial charge >= 0.3 is 0 Å². The minimum atomic E-state index is 0.610. The molecule has 4 nitrogen and oxygen atoms in total. The van der Waals surface area contributed by atoms with Crippen LogP contribution in [0.1, 0.15) is 0 Å². The molecule has 0 amide bonds. The van der Waals surface area contributed by atoms with Gasteiger partial charge in [0.1, 0.15) is 11.2 Å². The zero-order chi connectivity index (χ0) is 31.6. The third kappa shape index (κ3) is 4.25. The SMILES string of the molecule is c1ccc(-c2nc(-c3cccc4c3sc3ccccc34)nc(-c3cccc4oc5cccc(-c6ccc7ccccc7c6)c5c34)n2)cc1. The van der Waals surface area contributed by atoms with Gasteiger partial charge in [-0.15, -0.1) is 11.3 Å². The lowest BCUT2D eigenvalue weighted by molar-refractivity contribution is 0.669. The maximum Gasteiger partial charge on any atom is 0.165 e. The Morgan fingerprint density at radius 3 is 1.90 bits per heavy atom. The van der Waals surface area contributed by atoms with Gasteiger partial charge in [0.05, 0.1) is 0 Å². The third-order valence-corrected chi connectivity index (χ3v) is 10.4. The van der Waals surface area contributed by atoms with Crippen LogP contribution in [-0.4, -0.2) is 15.0 Å². The van der Waals surface area contributed by atoms with E-state index in [0.717, 1.165) is 49.8 Å². The number of fused-ring (bicyclic) bond motifs is 7. The van der Waals surface area contributed by atoms with Crippen LogP contribution in [0.15, 0.2) is 156 Å². The Bertz CT molecular complexity index is 2850. The molecule has 0 aliphatic carbocycles. The smallest absolute Gasteiger partial charge is 0.165 e. The molecule has 0 N–H and O–H groups in total. The van der Waals surface area contributed by atoms with Gasteiger partial charge in [0, 0.05) is 47.6 Å². The van der Waals surface area contributed by atoms with E-state index in [1.165, 1.54) is 30.9 Å². The van der Waals surface area contributed by atoms with E-state index in [-0.39, 0.29) is 0 Å².